The van der Waals surface area contributed by atoms with E-state index in [-0.39, 0.29) is 0 Å². The summed E-state index contributed by atoms with van der Waals surface area (Å²) in [4.78, 5) is 10.9. The third kappa shape index (κ3) is 13.3. The molecular formula is C31H51N5O4. The van der Waals surface area contributed by atoms with E-state index in [2.05, 4.69) is 45.4 Å². The summed E-state index contributed by atoms with van der Waals surface area (Å²) in [5.41, 5.74) is 3.32. The molecule has 1 fully saturated rings. The van der Waals surface area contributed by atoms with Gasteiger partial charge in [-0.3, -0.25) is 4.90 Å². The van der Waals surface area contributed by atoms with Crippen molar-refractivity contribution < 1.29 is 18.9 Å². The van der Waals surface area contributed by atoms with Crippen LogP contribution in [0.4, 0.5) is 5.82 Å². The van der Waals surface area contributed by atoms with E-state index in [4.69, 9.17) is 18.9 Å². The first-order valence-electron chi connectivity index (χ1n) is 14.2. The largest absolute Gasteiger partial charge is 0.493 e. The number of anilines is 1. The highest BCUT2D eigenvalue weighted by Crippen LogP contribution is 2.37. The van der Waals surface area contributed by atoms with Crippen molar-refractivity contribution in [2.45, 2.75) is 61.4 Å². The van der Waals surface area contributed by atoms with Gasteiger partial charge in [-0.2, -0.15) is 0 Å². The number of hydrogen-bond donors (Lipinski definition) is 2. The van der Waals surface area contributed by atoms with E-state index in [1.807, 2.05) is 59.9 Å². The number of aromatic nitrogens is 2. The maximum atomic E-state index is 6.12. The van der Waals surface area contributed by atoms with Crippen LogP contribution in [0.2, 0.25) is 0 Å². The van der Waals surface area contributed by atoms with E-state index >= 15 is 0 Å². The summed E-state index contributed by atoms with van der Waals surface area (Å²) < 4.78 is 23.2. The van der Waals surface area contributed by atoms with Crippen LogP contribution in [0.25, 0.3) is 0 Å². The van der Waals surface area contributed by atoms with Gasteiger partial charge in [-0.05, 0) is 54.2 Å². The lowest BCUT2D eigenvalue weighted by atomic mass is 10.1. The molecule has 2 aromatic rings. The third-order valence-corrected chi connectivity index (χ3v) is 5.89. The van der Waals surface area contributed by atoms with E-state index in [1.54, 1.807) is 13.2 Å². The third-order valence-electron chi connectivity index (χ3n) is 5.89. The fraction of sp³-hybridized carbons (Fsp3) is 0.548. The van der Waals surface area contributed by atoms with Crippen molar-refractivity contribution in [3.05, 3.63) is 53.5 Å². The highest BCUT2D eigenvalue weighted by molar-refractivity contribution is 5.52. The lowest BCUT2D eigenvalue weighted by Crippen LogP contribution is -2.37. The summed E-state index contributed by atoms with van der Waals surface area (Å²) in [6.45, 7) is 19.9. The van der Waals surface area contributed by atoms with Gasteiger partial charge in [0.2, 0.25) is 5.88 Å². The minimum Gasteiger partial charge on any atom is -0.493 e. The Hall–Kier alpha value is -3.14. The topological polar surface area (TPSA) is 90.0 Å². The fourth-order valence-electron chi connectivity index (χ4n) is 3.42. The van der Waals surface area contributed by atoms with Gasteiger partial charge < -0.3 is 29.6 Å². The monoisotopic (exact) mass is 557 g/mol. The Morgan fingerprint density at radius 3 is 2.30 bits per heavy atom. The van der Waals surface area contributed by atoms with Crippen molar-refractivity contribution in [3.63, 3.8) is 0 Å². The molecule has 2 N–H and O–H groups in total. The second-order valence-electron chi connectivity index (χ2n) is 9.10. The van der Waals surface area contributed by atoms with Gasteiger partial charge in [0.05, 0.1) is 26.9 Å². The molecule has 3 rings (SSSR count). The Labute approximate surface area is 242 Å². The standard InChI is InChI=1S/C24H35N5O4.C5H10.C2H6/c1-5-18(2)28-23-15-24(27-17-26-23)33-20-14-21(30-4)22(13-19(20)16-25-3)32-10-6-7-29-8-11-31-12-9-29;1-4-5(2)3;1-2/h5,13-15,17,25H,6-12,16H2,1-4H3,(H,26,27,28);4H,1-3H3;1-2H3/b18-5+;;. The van der Waals surface area contributed by atoms with Crippen LogP contribution in [0, 0.1) is 0 Å². The van der Waals surface area contributed by atoms with E-state index in [1.165, 1.54) is 11.9 Å². The second kappa shape index (κ2) is 20.7. The molecule has 2 heterocycles. The maximum absolute atomic E-state index is 6.12. The molecular weight excluding hydrogens is 506 g/mol. The molecule has 0 saturated carbocycles. The number of morpholine rings is 1. The van der Waals surface area contributed by atoms with Gasteiger partial charge in [0, 0.05) is 49.6 Å². The Morgan fingerprint density at radius 1 is 1.00 bits per heavy atom. The second-order valence-corrected chi connectivity index (χ2v) is 9.10. The molecule has 0 unspecified atom stereocenters. The van der Waals surface area contributed by atoms with Crippen LogP contribution in [-0.4, -0.2) is 68.5 Å². The zero-order chi connectivity index (χ0) is 29.8. The van der Waals surface area contributed by atoms with E-state index in [0.717, 1.165) is 50.5 Å². The number of methoxy groups -OCH3 is 1. The predicted octanol–water partition coefficient (Wildman–Crippen LogP) is 6.43. The number of hydrogen-bond acceptors (Lipinski definition) is 9. The zero-order valence-electron chi connectivity index (χ0n) is 26.1. The van der Waals surface area contributed by atoms with Gasteiger partial charge in [0.15, 0.2) is 11.5 Å². The molecule has 1 aromatic carbocycles. The maximum Gasteiger partial charge on any atom is 0.224 e. The molecule has 0 amide bonds. The van der Waals surface area contributed by atoms with Crippen LogP contribution in [0.1, 0.15) is 60.5 Å². The number of allylic oxidation sites excluding steroid dienone is 4. The van der Waals surface area contributed by atoms with E-state index in [9.17, 15) is 0 Å². The van der Waals surface area contributed by atoms with Crippen molar-refractivity contribution in [2.75, 3.05) is 58.9 Å². The van der Waals surface area contributed by atoms with Crippen LogP contribution < -0.4 is 24.8 Å². The van der Waals surface area contributed by atoms with Crippen LogP contribution in [-0.2, 0) is 11.3 Å². The number of ether oxygens (including phenoxy) is 4. The summed E-state index contributed by atoms with van der Waals surface area (Å²) >= 11 is 0. The molecule has 224 valence electrons. The molecule has 1 aliphatic rings. The number of nitrogens with zero attached hydrogens (tertiary/aromatic N) is 3. The molecule has 9 heteroatoms. The van der Waals surface area contributed by atoms with Crippen molar-refractivity contribution in [1.82, 2.24) is 20.2 Å². The number of rotatable bonds is 12. The lowest BCUT2D eigenvalue weighted by Gasteiger charge is -2.26. The molecule has 9 nitrogen and oxygen atoms in total. The highest BCUT2D eigenvalue weighted by atomic mass is 16.5. The van der Waals surface area contributed by atoms with Crippen molar-refractivity contribution in [2.24, 2.45) is 0 Å². The molecule has 1 aliphatic heterocycles. The Morgan fingerprint density at radius 2 is 1.70 bits per heavy atom. The fourth-order valence-corrected chi connectivity index (χ4v) is 3.42. The Bertz CT molecular complexity index is 1030. The van der Waals surface area contributed by atoms with Crippen molar-refractivity contribution in [1.29, 1.82) is 0 Å². The Balaban J connectivity index is 0.00000103. The zero-order valence-corrected chi connectivity index (χ0v) is 26.1. The molecule has 0 spiro atoms. The first-order valence-corrected chi connectivity index (χ1v) is 14.2. The SMILES string of the molecule is C/C=C(\C)Nc1cc(Oc2cc(OC)c(OCCCN3CCOCC3)cc2CNC)ncn1.CC.CC=C(C)C. The van der Waals surface area contributed by atoms with Gasteiger partial charge in [-0.15, -0.1) is 0 Å². The highest BCUT2D eigenvalue weighted by Gasteiger charge is 2.15. The van der Waals surface area contributed by atoms with E-state index in [0.29, 0.717) is 42.1 Å². The normalized spacial score (nSPS) is 13.2. The summed E-state index contributed by atoms with van der Waals surface area (Å²) in [7, 11) is 3.52. The van der Waals surface area contributed by atoms with Crippen LogP contribution in [0.5, 0.6) is 23.1 Å². The van der Waals surface area contributed by atoms with Gasteiger partial charge >= 0.3 is 0 Å². The van der Waals surface area contributed by atoms with Gasteiger partial charge in [-0.25, -0.2) is 9.97 Å². The van der Waals surface area contributed by atoms with Gasteiger partial charge in [0.1, 0.15) is 17.9 Å². The summed E-state index contributed by atoms with van der Waals surface area (Å²) in [5.74, 6) is 3.07. The molecule has 0 aliphatic carbocycles. The molecule has 1 saturated heterocycles. The summed E-state index contributed by atoms with van der Waals surface area (Å²) in [6, 6.07) is 5.57. The van der Waals surface area contributed by atoms with Gasteiger partial charge in [0.25, 0.3) is 0 Å². The van der Waals surface area contributed by atoms with Crippen molar-refractivity contribution >= 4 is 5.82 Å². The molecule has 0 atom stereocenters. The summed E-state index contributed by atoms with van der Waals surface area (Å²) in [6.07, 6.45) is 6.46. The first kappa shape index (κ1) is 34.9. The smallest absolute Gasteiger partial charge is 0.224 e. The van der Waals surface area contributed by atoms with Gasteiger partial charge in [-0.1, -0.05) is 31.6 Å². The average molecular weight is 558 g/mol. The molecule has 1 aromatic heterocycles. The lowest BCUT2D eigenvalue weighted by molar-refractivity contribution is 0.0357. The van der Waals surface area contributed by atoms with Crippen molar-refractivity contribution in [3.8, 4) is 23.1 Å². The minimum atomic E-state index is 0.440. The number of nitrogens with one attached hydrogen (secondary N) is 2. The van der Waals surface area contributed by atoms with Crippen LogP contribution in [0.15, 0.2) is 47.9 Å². The quantitative estimate of drug-likeness (QED) is 0.226. The Kier molecular flexibility index (Phi) is 18.1. The number of benzene rings is 1. The molecule has 0 radical (unpaired) electrons. The minimum absolute atomic E-state index is 0.440. The average Bonchev–Trinajstić information content (AvgIpc) is 2.98. The van der Waals surface area contributed by atoms with Crippen LogP contribution >= 0.6 is 0 Å². The van der Waals surface area contributed by atoms with Crippen LogP contribution in [0.3, 0.4) is 0 Å². The van der Waals surface area contributed by atoms with E-state index < -0.39 is 0 Å². The molecule has 40 heavy (non-hydrogen) atoms. The molecule has 0 bridgehead atoms. The first-order chi connectivity index (χ1) is 19.4. The summed E-state index contributed by atoms with van der Waals surface area (Å²) in [5, 5.41) is 6.39. The predicted molar refractivity (Wildman–Crippen MR) is 165 cm³/mol.